The predicted molar refractivity (Wildman–Crippen MR) is 74.6 cm³/mol. The van der Waals surface area contributed by atoms with Crippen LogP contribution in [0.5, 0.6) is 0 Å². The van der Waals surface area contributed by atoms with E-state index in [2.05, 4.69) is 26.0 Å². The summed E-state index contributed by atoms with van der Waals surface area (Å²) in [6, 6.07) is 10.6. The Kier molecular flexibility index (Phi) is 2.56. The molecule has 0 radical (unpaired) electrons. The van der Waals surface area contributed by atoms with Crippen molar-refractivity contribution in [2.24, 2.45) is 5.41 Å². The molecule has 3 rings (SSSR count). The first-order valence-electron chi connectivity index (χ1n) is 7.15. The highest BCUT2D eigenvalue weighted by Crippen LogP contribution is 2.56. The van der Waals surface area contributed by atoms with E-state index >= 15 is 0 Å². The quantitative estimate of drug-likeness (QED) is 0.836. The van der Waals surface area contributed by atoms with E-state index in [1.54, 1.807) is 0 Å². The SMILES string of the molecule is CC1(C)CCC(O)(C2(C#N)CCc3ccccc32)C1. The normalized spacial score (nSPS) is 35.9. The van der Waals surface area contributed by atoms with Gasteiger partial charge < -0.3 is 5.11 Å². The Balaban J connectivity index is 2.10. The molecule has 0 aromatic heterocycles. The Hall–Kier alpha value is -1.33. The zero-order valence-electron chi connectivity index (χ0n) is 11.7. The molecular weight excluding hydrogens is 234 g/mol. The summed E-state index contributed by atoms with van der Waals surface area (Å²) in [6.45, 7) is 4.38. The van der Waals surface area contributed by atoms with Gasteiger partial charge in [0.1, 0.15) is 5.41 Å². The second-order valence-corrected chi connectivity index (χ2v) is 7.05. The Labute approximate surface area is 115 Å². The van der Waals surface area contributed by atoms with Gasteiger partial charge in [-0.2, -0.15) is 5.26 Å². The van der Waals surface area contributed by atoms with Gasteiger partial charge in [0.2, 0.25) is 0 Å². The lowest BCUT2D eigenvalue weighted by atomic mass is 9.67. The number of benzene rings is 1. The Bertz CT molecular complexity index is 557. The zero-order chi connectivity index (χ0) is 13.7. The molecule has 1 fully saturated rings. The van der Waals surface area contributed by atoms with E-state index < -0.39 is 11.0 Å². The summed E-state index contributed by atoms with van der Waals surface area (Å²) < 4.78 is 0. The molecule has 2 aliphatic rings. The third-order valence-corrected chi connectivity index (χ3v) is 5.22. The van der Waals surface area contributed by atoms with Crippen LogP contribution < -0.4 is 0 Å². The number of rotatable bonds is 1. The first-order valence-corrected chi connectivity index (χ1v) is 7.15. The molecule has 2 unspecified atom stereocenters. The standard InChI is InChI=1S/C17H21NO/c1-15(2)9-10-17(19,11-15)16(12-18)8-7-13-5-3-4-6-14(13)16/h3-6,19H,7-11H2,1-2H3. The second-order valence-electron chi connectivity index (χ2n) is 7.05. The van der Waals surface area contributed by atoms with Crippen molar-refractivity contribution in [2.75, 3.05) is 0 Å². The molecule has 2 nitrogen and oxygen atoms in total. The highest BCUT2D eigenvalue weighted by molar-refractivity contribution is 5.48. The van der Waals surface area contributed by atoms with Crippen LogP contribution in [-0.2, 0) is 11.8 Å². The number of hydrogen-bond acceptors (Lipinski definition) is 2. The van der Waals surface area contributed by atoms with Crippen molar-refractivity contribution in [2.45, 2.75) is 57.0 Å². The van der Waals surface area contributed by atoms with Crippen molar-refractivity contribution in [3.63, 3.8) is 0 Å². The van der Waals surface area contributed by atoms with Crippen LogP contribution in [0.15, 0.2) is 24.3 Å². The topological polar surface area (TPSA) is 44.0 Å². The van der Waals surface area contributed by atoms with E-state index in [9.17, 15) is 10.4 Å². The van der Waals surface area contributed by atoms with Crippen molar-refractivity contribution in [3.8, 4) is 6.07 Å². The Morgan fingerprint density at radius 3 is 2.53 bits per heavy atom. The molecule has 1 saturated carbocycles. The Morgan fingerprint density at radius 2 is 1.89 bits per heavy atom. The maximum absolute atomic E-state index is 11.2. The summed E-state index contributed by atoms with van der Waals surface area (Å²) in [5.41, 5.74) is 0.880. The molecule has 0 amide bonds. The molecule has 0 bridgehead atoms. The van der Waals surface area contributed by atoms with Crippen molar-refractivity contribution in [1.82, 2.24) is 0 Å². The van der Waals surface area contributed by atoms with Gasteiger partial charge in [0.15, 0.2) is 0 Å². The average molecular weight is 255 g/mol. The largest absolute Gasteiger partial charge is 0.388 e. The molecule has 1 N–H and O–H groups in total. The average Bonchev–Trinajstić information content (AvgIpc) is 2.89. The summed E-state index contributed by atoms with van der Waals surface area (Å²) in [4.78, 5) is 0. The summed E-state index contributed by atoms with van der Waals surface area (Å²) in [7, 11) is 0. The second kappa shape index (κ2) is 3.84. The van der Waals surface area contributed by atoms with E-state index in [1.165, 1.54) is 5.56 Å². The highest BCUT2D eigenvalue weighted by atomic mass is 16.3. The molecule has 100 valence electrons. The number of aliphatic hydroxyl groups is 1. The lowest BCUT2D eigenvalue weighted by Gasteiger charge is -2.39. The van der Waals surface area contributed by atoms with Gasteiger partial charge in [-0.05, 0) is 48.6 Å². The molecule has 1 aromatic rings. The van der Waals surface area contributed by atoms with E-state index in [-0.39, 0.29) is 5.41 Å². The van der Waals surface area contributed by atoms with Gasteiger partial charge in [-0.25, -0.2) is 0 Å². The molecule has 2 heteroatoms. The van der Waals surface area contributed by atoms with Crippen molar-refractivity contribution < 1.29 is 5.11 Å². The van der Waals surface area contributed by atoms with Gasteiger partial charge in [-0.3, -0.25) is 0 Å². The molecule has 2 atom stereocenters. The van der Waals surface area contributed by atoms with E-state index in [0.717, 1.165) is 37.7 Å². The maximum Gasteiger partial charge on any atom is 0.111 e. The zero-order valence-corrected chi connectivity index (χ0v) is 11.7. The van der Waals surface area contributed by atoms with Crippen LogP contribution in [0.25, 0.3) is 0 Å². The maximum atomic E-state index is 11.2. The van der Waals surface area contributed by atoms with E-state index in [0.29, 0.717) is 0 Å². The van der Waals surface area contributed by atoms with Crippen molar-refractivity contribution >= 4 is 0 Å². The van der Waals surface area contributed by atoms with Crippen LogP contribution in [0.2, 0.25) is 0 Å². The van der Waals surface area contributed by atoms with Gasteiger partial charge in [-0.15, -0.1) is 0 Å². The summed E-state index contributed by atoms with van der Waals surface area (Å²) >= 11 is 0. The third kappa shape index (κ3) is 1.65. The number of nitrogens with zero attached hydrogens (tertiary/aromatic N) is 1. The molecule has 0 spiro atoms. The first kappa shape index (κ1) is 12.7. The Morgan fingerprint density at radius 1 is 1.16 bits per heavy atom. The fraction of sp³-hybridized carbons (Fsp3) is 0.588. The number of aryl methyl sites for hydroxylation is 1. The van der Waals surface area contributed by atoms with E-state index in [1.807, 2.05) is 18.2 Å². The summed E-state index contributed by atoms with van der Waals surface area (Å²) in [5.74, 6) is 0. The van der Waals surface area contributed by atoms with Crippen LogP contribution in [0, 0.1) is 16.7 Å². The molecule has 0 aliphatic heterocycles. The summed E-state index contributed by atoms with van der Waals surface area (Å²) in [6.07, 6.45) is 4.13. The van der Waals surface area contributed by atoms with Gasteiger partial charge >= 0.3 is 0 Å². The number of nitriles is 1. The van der Waals surface area contributed by atoms with Gasteiger partial charge in [0.05, 0.1) is 11.7 Å². The summed E-state index contributed by atoms with van der Waals surface area (Å²) in [5, 5.41) is 21.1. The van der Waals surface area contributed by atoms with E-state index in [4.69, 9.17) is 0 Å². The van der Waals surface area contributed by atoms with Crippen LogP contribution in [0.4, 0.5) is 0 Å². The molecule has 2 aliphatic carbocycles. The van der Waals surface area contributed by atoms with Gasteiger partial charge in [0, 0.05) is 0 Å². The van der Waals surface area contributed by atoms with Crippen LogP contribution in [0.3, 0.4) is 0 Å². The van der Waals surface area contributed by atoms with Gasteiger partial charge in [0.25, 0.3) is 0 Å². The van der Waals surface area contributed by atoms with Crippen LogP contribution >= 0.6 is 0 Å². The monoisotopic (exact) mass is 255 g/mol. The lowest BCUT2D eigenvalue weighted by molar-refractivity contribution is -0.0186. The molecule has 1 aromatic carbocycles. The third-order valence-electron chi connectivity index (χ3n) is 5.22. The molecule has 0 saturated heterocycles. The van der Waals surface area contributed by atoms with Crippen LogP contribution in [-0.4, -0.2) is 10.7 Å². The molecule has 0 heterocycles. The van der Waals surface area contributed by atoms with Crippen LogP contribution in [0.1, 0.15) is 50.7 Å². The minimum Gasteiger partial charge on any atom is -0.388 e. The minimum absolute atomic E-state index is 0.135. The molecular formula is C17H21NO. The highest BCUT2D eigenvalue weighted by Gasteiger charge is 2.59. The lowest BCUT2D eigenvalue weighted by Crippen LogP contribution is -2.48. The fourth-order valence-electron chi connectivity index (χ4n) is 4.19. The number of fused-ring (bicyclic) bond motifs is 1. The predicted octanol–water partition coefficient (Wildman–Crippen LogP) is 3.34. The molecule has 19 heavy (non-hydrogen) atoms. The first-order chi connectivity index (χ1) is 8.93. The number of hydrogen-bond donors (Lipinski definition) is 1. The van der Waals surface area contributed by atoms with Crippen molar-refractivity contribution in [3.05, 3.63) is 35.4 Å². The smallest absolute Gasteiger partial charge is 0.111 e. The van der Waals surface area contributed by atoms with Gasteiger partial charge in [-0.1, -0.05) is 38.1 Å². The minimum atomic E-state index is -0.863. The van der Waals surface area contributed by atoms with Crippen molar-refractivity contribution in [1.29, 1.82) is 5.26 Å². The fourth-order valence-corrected chi connectivity index (χ4v) is 4.19.